The van der Waals surface area contributed by atoms with E-state index in [4.69, 9.17) is 4.52 Å². The molecule has 0 bridgehead atoms. The third-order valence-electron chi connectivity index (χ3n) is 3.83. The number of hydrogen-bond acceptors (Lipinski definition) is 4. The van der Waals surface area contributed by atoms with Crippen molar-refractivity contribution >= 4 is 15.9 Å². The Kier molecular flexibility index (Phi) is 3.89. The van der Waals surface area contributed by atoms with Crippen LogP contribution >= 0.6 is 15.9 Å². The zero-order valence-electron chi connectivity index (χ0n) is 11.5. The summed E-state index contributed by atoms with van der Waals surface area (Å²) >= 11 is 3.48. The number of halogens is 1. The van der Waals surface area contributed by atoms with Gasteiger partial charge in [-0.05, 0) is 44.0 Å². The molecule has 1 aliphatic heterocycles. The third-order valence-corrected chi connectivity index (χ3v) is 4.33. The van der Waals surface area contributed by atoms with E-state index in [-0.39, 0.29) is 5.41 Å². The average Bonchev–Trinajstić information content (AvgIpc) is 2.89. The van der Waals surface area contributed by atoms with E-state index in [1.165, 1.54) is 5.56 Å². The summed E-state index contributed by atoms with van der Waals surface area (Å²) in [6.45, 7) is 4.18. The molecule has 1 aliphatic rings. The van der Waals surface area contributed by atoms with Crippen molar-refractivity contribution in [2.45, 2.75) is 31.6 Å². The molecule has 2 aromatic rings. The van der Waals surface area contributed by atoms with E-state index in [9.17, 15) is 0 Å². The molecular weight excluding hydrogens is 318 g/mol. The molecule has 106 valence electrons. The minimum atomic E-state index is -0.0270. The summed E-state index contributed by atoms with van der Waals surface area (Å²) in [7, 11) is 0. The molecule has 2 heterocycles. The molecule has 0 amide bonds. The van der Waals surface area contributed by atoms with E-state index >= 15 is 0 Å². The van der Waals surface area contributed by atoms with Crippen LogP contribution in [0.1, 0.15) is 37.0 Å². The molecule has 1 aromatic heterocycles. The highest BCUT2D eigenvalue weighted by Crippen LogP contribution is 2.29. The zero-order valence-corrected chi connectivity index (χ0v) is 13.1. The molecule has 0 saturated carbocycles. The van der Waals surface area contributed by atoms with Crippen LogP contribution in [0.15, 0.2) is 33.3 Å². The molecule has 1 fully saturated rings. The highest BCUT2D eigenvalue weighted by Gasteiger charge is 2.34. The van der Waals surface area contributed by atoms with Crippen LogP contribution in [0.3, 0.4) is 0 Å². The second-order valence-corrected chi connectivity index (χ2v) is 6.58. The smallest absolute Gasteiger partial charge is 0.233 e. The Bertz CT molecular complexity index is 590. The van der Waals surface area contributed by atoms with Gasteiger partial charge in [-0.1, -0.05) is 33.2 Å². The van der Waals surface area contributed by atoms with Gasteiger partial charge in [0.1, 0.15) is 0 Å². The number of benzene rings is 1. The second kappa shape index (κ2) is 5.66. The summed E-state index contributed by atoms with van der Waals surface area (Å²) < 4.78 is 6.57. The number of aromatic nitrogens is 2. The minimum absolute atomic E-state index is 0.0270. The number of piperidine rings is 1. The zero-order chi connectivity index (χ0) is 14.0. The quantitative estimate of drug-likeness (QED) is 0.936. The van der Waals surface area contributed by atoms with E-state index in [0.29, 0.717) is 6.42 Å². The first-order valence-corrected chi connectivity index (χ1v) is 7.73. The standard InChI is InChI=1S/C15H18BrN3O/c1-15(6-3-7-17-10-15)14-18-13(19-20-14)9-11-4-2-5-12(16)8-11/h2,4-5,8,17H,3,6-7,9-10H2,1H3. The first-order valence-electron chi connectivity index (χ1n) is 6.94. The maximum absolute atomic E-state index is 5.50. The van der Waals surface area contributed by atoms with Crippen LogP contribution < -0.4 is 5.32 Å². The number of hydrogen-bond donors (Lipinski definition) is 1. The average molecular weight is 336 g/mol. The van der Waals surface area contributed by atoms with Crippen LogP contribution in [0, 0.1) is 0 Å². The third kappa shape index (κ3) is 2.94. The summed E-state index contributed by atoms with van der Waals surface area (Å²) in [5, 5.41) is 7.54. The van der Waals surface area contributed by atoms with Crippen molar-refractivity contribution in [3.8, 4) is 0 Å². The first kappa shape index (κ1) is 13.8. The fourth-order valence-corrected chi connectivity index (χ4v) is 3.09. The molecule has 1 N–H and O–H groups in total. The lowest BCUT2D eigenvalue weighted by molar-refractivity contribution is 0.245. The summed E-state index contributed by atoms with van der Waals surface area (Å²) in [6.07, 6.45) is 2.95. The predicted octanol–water partition coefficient (Wildman–Crippen LogP) is 3.06. The van der Waals surface area contributed by atoms with Crippen molar-refractivity contribution in [3.05, 3.63) is 46.0 Å². The van der Waals surface area contributed by atoms with Crippen LogP contribution in [0.2, 0.25) is 0 Å². The van der Waals surface area contributed by atoms with Gasteiger partial charge in [0.2, 0.25) is 5.89 Å². The van der Waals surface area contributed by atoms with Crippen LogP contribution in [0.5, 0.6) is 0 Å². The Labute approximate surface area is 127 Å². The van der Waals surface area contributed by atoms with E-state index in [2.05, 4.69) is 50.4 Å². The Morgan fingerprint density at radius 2 is 2.35 bits per heavy atom. The van der Waals surface area contributed by atoms with Gasteiger partial charge in [0.15, 0.2) is 5.82 Å². The van der Waals surface area contributed by atoms with E-state index in [1.54, 1.807) is 0 Å². The molecule has 1 atom stereocenters. The van der Waals surface area contributed by atoms with Crippen molar-refractivity contribution in [3.63, 3.8) is 0 Å². The fourth-order valence-electron chi connectivity index (χ4n) is 2.64. The maximum atomic E-state index is 5.50. The van der Waals surface area contributed by atoms with Gasteiger partial charge in [0.25, 0.3) is 0 Å². The first-order chi connectivity index (χ1) is 9.66. The molecule has 1 aromatic carbocycles. The van der Waals surface area contributed by atoms with Gasteiger partial charge in [-0.2, -0.15) is 4.98 Å². The van der Waals surface area contributed by atoms with Crippen molar-refractivity contribution in [2.75, 3.05) is 13.1 Å². The van der Waals surface area contributed by atoms with Crippen molar-refractivity contribution in [2.24, 2.45) is 0 Å². The molecule has 20 heavy (non-hydrogen) atoms. The summed E-state index contributed by atoms with van der Waals surface area (Å²) in [6, 6.07) is 8.19. The Morgan fingerprint density at radius 1 is 1.45 bits per heavy atom. The van der Waals surface area contributed by atoms with Gasteiger partial charge in [-0.15, -0.1) is 0 Å². The van der Waals surface area contributed by atoms with Crippen LogP contribution in [-0.4, -0.2) is 23.2 Å². The Hall–Kier alpha value is -1.20. The lowest BCUT2D eigenvalue weighted by atomic mass is 9.83. The molecule has 1 saturated heterocycles. The molecule has 4 nitrogen and oxygen atoms in total. The minimum Gasteiger partial charge on any atom is -0.339 e. The molecular formula is C15H18BrN3O. The topological polar surface area (TPSA) is 51.0 Å². The fraction of sp³-hybridized carbons (Fsp3) is 0.467. The van der Waals surface area contributed by atoms with Gasteiger partial charge in [-0.3, -0.25) is 0 Å². The van der Waals surface area contributed by atoms with Crippen molar-refractivity contribution in [1.82, 2.24) is 15.5 Å². The molecule has 0 radical (unpaired) electrons. The number of rotatable bonds is 3. The summed E-state index contributed by atoms with van der Waals surface area (Å²) in [4.78, 5) is 4.60. The lowest BCUT2D eigenvalue weighted by Gasteiger charge is -2.30. The highest BCUT2D eigenvalue weighted by molar-refractivity contribution is 9.10. The predicted molar refractivity (Wildman–Crippen MR) is 80.7 cm³/mol. The summed E-state index contributed by atoms with van der Waals surface area (Å²) in [5.41, 5.74) is 1.15. The van der Waals surface area contributed by atoms with E-state index < -0.39 is 0 Å². The second-order valence-electron chi connectivity index (χ2n) is 5.66. The van der Waals surface area contributed by atoms with Crippen LogP contribution in [0.25, 0.3) is 0 Å². The molecule has 5 heteroatoms. The van der Waals surface area contributed by atoms with Crippen molar-refractivity contribution < 1.29 is 4.52 Å². The highest BCUT2D eigenvalue weighted by atomic mass is 79.9. The largest absolute Gasteiger partial charge is 0.339 e. The van der Waals surface area contributed by atoms with Gasteiger partial charge < -0.3 is 9.84 Å². The van der Waals surface area contributed by atoms with Gasteiger partial charge in [0.05, 0.1) is 5.41 Å². The van der Waals surface area contributed by atoms with E-state index in [0.717, 1.165) is 42.1 Å². The monoisotopic (exact) mass is 335 g/mol. The van der Waals surface area contributed by atoms with Gasteiger partial charge in [-0.25, -0.2) is 0 Å². The maximum Gasteiger partial charge on any atom is 0.233 e. The van der Waals surface area contributed by atoms with Crippen molar-refractivity contribution in [1.29, 1.82) is 0 Å². The summed E-state index contributed by atoms with van der Waals surface area (Å²) in [5.74, 6) is 1.51. The normalized spacial score (nSPS) is 22.9. The Morgan fingerprint density at radius 3 is 3.10 bits per heavy atom. The Balaban J connectivity index is 1.76. The van der Waals surface area contributed by atoms with Crippen LogP contribution in [0.4, 0.5) is 0 Å². The molecule has 0 spiro atoms. The SMILES string of the molecule is CC1(c2nc(Cc3cccc(Br)c3)no2)CCCNC1. The molecule has 0 aliphatic carbocycles. The molecule has 1 unspecified atom stereocenters. The van der Waals surface area contributed by atoms with Crippen LogP contribution in [-0.2, 0) is 11.8 Å². The number of nitrogens with zero attached hydrogens (tertiary/aromatic N) is 2. The molecule has 3 rings (SSSR count). The van der Waals surface area contributed by atoms with E-state index in [1.807, 2.05) is 12.1 Å². The number of nitrogens with one attached hydrogen (secondary N) is 1. The van der Waals surface area contributed by atoms with Gasteiger partial charge >= 0.3 is 0 Å². The lowest BCUT2D eigenvalue weighted by Crippen LogP contribution is -2.41. The van der Waals surface area contributed by atoms with Gasteiger partial charge in [0, 0.05) is 17.4 Å².